The minimum Gasteiger partial charge on any atom is -0.481 e. The van der Waals surface area contributed by atoms with Gasteiger partial charge in [0.15, 0.2) is 4.90 Å². The number of halogens is 1. The van der Waals surface area contributed by atoms with Crippen LogP contribution in [0.2, 0.25) is 5.02 Å². The highest BCUT2D eigenvalue weighted by Crippen LogP contribution is 2.32. The van der Waals surface area contributed by atoms with Crippen molar-refractivity contribution in [1.29, 1.82) is 0 Å². The summed E-state index contributed by atoms with van der Waals surface area (Å²) in [5.41, 5.74) is -0.653. The lowest BCUT2D eigenvalue weighted by atomic mass is 10.3. The third-order valence-electron chi connectivity index (χ3n) is 2.45. The van der Waals surface area contributed by atoms with Crippen LogP contribution in [0.4, 0.5) is 5.69 Å². The average Bonchev–Trinajstić information content (AvgIpc) is 2.34. The molecule has 110 valence electrons. The predicted octanol–water partition coefficient (Wildman–Crippen LogP) is 1.34. The van der Waals surface area contributed by atoms with Gasteiger partial charge in [0.25, 0.3) is 15.7 Å². The maximum absolute atomic E-state index is 12.2. The molecule has 0 aliphatic heterocycles. The maximum atomic E-state index is 12.2. The Morgan fingerprint density at radius 3 is 2.60 bits per heavy atom. The third-order valence-corrected chi connectivity index (χ3v) is 4.83. The van der Waals surface area contributed by atoms with Crippen molar-refractivity contribution in [2.24, 2.45) is 0 Å². The van der Waals surface area contributed by atoms with Crippen LogP contribution in [-0.4, -0.2) is 42.3 Å². The van der Waals surface area contributed by atoms with E-state index in [0.717, 1.165) is 17.4 Å². The van der Waals surface area contributed by atoms with Gasteiger partial charge in [-0.2, -0.15) is 0 Å². The van der Waals surface area contributed by atoms with E-state index in [0.29, 0.717) is 0 Å². The first-order chi connectivity index (χ1) is 9.17. The van der Waals surface area contributed by atoms with E-state index in [1.54, 1.807) is 0 Å². The Labute approximate surface area is 119 Å². The Kier molecular flexibility index (Phi) is 5.03. The second-order valence-electron chi connectivity index (χ2n) is 3.82. The monoisotopic (exact) mass is 322 g/mol. The molecule has 1 aromatic rings. The fourth-order valence-corrected chi connectivity index (χ4v) is 3.25. The zero-order chi connectivity index (χ0) is 15.5. The van der Waals surface area contributed by atoms with Crippen molar-refractivity contribution < 1.29 is 23.2 Å². The van der Waals surface area contributed by atoms with Gasteiger partial charge in [-0.05, 0) is 6.07 Å². The van der Waals surface area contributed by atoms with Crippen LogP contribution >= 0.6 is 11.6 Å². The second-order valence-corrected chi connectivity index (χ2v) is 6.20. The molecule has 1 aromatic carbocycles. The van der Waals surface area contributed by atoms with Gasteiger partial charge < -0.3 is 5.11 Å². The van der Waals surface area contributed by atoms with E-state index in [4.69, 9.17) is 16.7 Å². The molecule has 0 spiro atoms. The molecule has 20 heavy (non-hydrogen) atoms. The topological polar surface area (TPSA) is 118 Å². The molecule has 10 heteroatoms. The number of hydrogen-bond acceptors (Lipinski definition) is 5. The second kappa shape index (κ2) is 6.16. The minimum absolute atomic E-state index is 0.290. The summed E-state index contributed by atoms with van der Waals surface area (Å²) < 4.78 is 25.2. The number of carbonyl (C=O) groups is 1. The lowest BCUT2D eigenvalue weighted by molar-refractivity contribution is -0.387. The van der Waals surface area contributed by atoms with E-state index >= 15 is 0 Å². The standard InChI is InChI=1S/C10H11ClN2O6S/c1-12(6-5-9(14)15)20(18,19)10-7(11)3-2-4-8(10)13(16)17/h2-4H,5-6H2,1H3,(H,14,15). The molecule has 0 unspecified atom stereocenters. The lowest BCUT2D eigenvalue weighted by Crippen LogP contribution is -2.30. The van der Waals surface area contributed by atoms with Crippen molar-refractivity contribution in [3.8, 4) is 0 Å². The van der Waals surface area contributed by atoms with Crippen molar-refractivity contribution >= 4 is 33.3 Å². The maximum Gasteiger partial charge on any atom is 0.304 e. The molecule has 8 nitrogen and oxygen atoms in total. The highest BCUT2D eigenvalue weighted by atomic mass is 35.5. The Balaban J connectivity index is 3.28. The first-order valence-electron chi connectivity index (χ1n) is 5.29. The molecule has 0 saturated carbocycles. The molecular weight excluding hydrogens is 312 g/mol. The average molecular weight is 323 g/mol. The molecule has 0 heterocycles. The van der Waals surface area contributed by atoms with Gasteiger partial charge in [-0.1, -0.05) is 17.7 Å². The van der Waals surface area contributed by atoms with Crippen molar-refractivity contribution in [3.63, 3.8) is 0 Å². The van der Waals surface area contributed by atoms with E-state index in [-0.39, 0.29) is 11.6 Å². The zero-order valence-electron chi connectivity index (χ0n) is 10.3. The number of nitrogens with zero attached hydrogens (tertiary/aromatic N) is 2. The van der Waals surface area contributed by atoms with Gasteiger partial charge in [-0.3, -0.25) is 14.9 Å². The highest BCUT2D eigenvalue weighted by molar-refractivity contribution is 7.89. The molecule has 0 fully saturated rings. The quantitative estimate of drug-likeness (QED) is 0.623. The van der Waals surface area contributed by atoms with E-state index < -0.39 is 37.9 Å². The summed E-state index contributed by atoms with van der Waals surface area (Å²) in [5, 5.41) is 19.1. The Hall–Kier alpha value is -1.71. The van der Waals surface area contributed by atoms with Gasteiger partial charge in [-0.25, -0.2) is 12.7 Å². The number of nitro benzene ring substituents is 1. The number of aliphatic carboxylic acids is 1. The molecule has 0 radical (unpaired) electrons. The summed E-state index contributed by atoms with van der Waals surface area (Å²) in [4.78, 5) is 19.8. The van der Waals surface area contributed by atoms with Crippen LogP contribution in [0.5, 0.6) is 0 Å². The SMILES string of the molecule is CN(CCC(=O)O)S(=O)(=O)c1c(Cl)cccc1[N+](=O)[O-]. The largest absolute Gasteiger partial charge is 0.481 e. The smallest absolute Gasteiger partial charge is 0.304 e. The molecular formula is C10H11ClN2O6S. The van der Waals surface area contributed by atoms with Gasteiger partial charge in [-0.15, -0.1) is 0 Å². The molecule has 1 N–H and O–H groups in total. The van der Waals surface area contributed by atoms with Crippen molar-refractivity contribution in [2.75, 3.05) is 13.6 Å². The number of carboxylic acids is 1. The molecule has 0 bridgehead atoms. The molecule has 1 rings (SSSR count). The highest BCUT2D eigenvalue weighted by Gasteiger charge is 2.32. The summed E-state index contributed by atoms with van der Waals surface area (Å²) in [7, 11) is -3.11. The lowest BCUT2D eigenvalue weighted by Gasteiger charge is -2.16. The van der Waals surface area contributed by atoms with Crippen LogP contribution in [0, 0.1) is 10.1 Å². The van der Waals surface area contributed by atoms with Gasteiger partial charge in [0.1, 0.15) is 0 Å². The van der Waals surface area contributed by atoms with Crippen LogP contribution < -0.4 is 0 Å². The number of benzene rings is 1. The number of sulfonamides is 1. The summed E-state index contributed by atoms with van der Waals surface area (Å²) in [6, 6.07) is 3.49. The normalized spacial score (nSPS) is 11.6. The van der Waals surface area contributed by atoms with Gasteiger partial charge in [0.2, 0.25) is 0 Å². The Bertz CT molecular complexity index is 645. The number of hydrogen-bond donors (Lipinski definition) is 1. The molecule has 0 amide bonds. The first kappa shape index (κ1) is 16.3. The molecule has 0 atom stereocenters. The molecule has 0 saturated heterocycles. The summed E-state index contributed by atoms with van der Waals surface area (Å²) in [6.45, 7) is -0.319. The Morgan fingerprint density at radius 2 is 2.10 bits per heavy atom. The number of rotatable bonds is 6. The van der Waals surface area contributed by atoms with E-state index in [9.17, 15) is 23.3 Å². The predicted molar refractivity (Wildman–Crippen MR) is 70.2 cm³/mol. The fourth-order valence-electron chi connectivity index (χ4n) is 1.43. The van der Waals surface area contributed by atoms with Crippen molar-refractivity contribution in [3.05, 3.63) is 33.3 Å². The fraction of sp³-hybridized carbons (Fsp3) is 0.300. The van der Waals surface area contributed by atoms with Crippen LogP contribution in [0.15, 0.2) is 23.1 Å². The Morgan fingerprint density at radius 1 is 1.50 bits per heavy atom. The van der Waals surface area contributed by atoms with E-state index in [1.165, 1.54) is 12.1 Å². The van der Waals surface area contributed by atoms with E-state index in [2.05, 4.69) is 0 Å². The van der Waals surface area contributed by atoms with Gasteiger partial charge in [0.05, 0.1) is 16.4 Å². The van der Waals surface area contributed by atoms with Crippen LogP contribution in [0.1, 0.15) is 6.42 Å². The molecule has 0 aliphatic carbocycles. The van der Waals surface area contributed by atoms with Gasteiger partial charge >= 0.3 is 5.97 Å². The van der Waals surface area contributed by atoms with Crippen LogP contribution in [-0.2, 0) is 14.8 Å². The van der Waals surface area contributed by atoms with Crippen molar-refractivity contribution in [2.45, 2.75) is 11.3 Å². The zero-order valence-corrected chi connectivity index (χ0v) is 11.9. The first-order valence-corrected chi connectivity index (χ1v) is 7.10. The third kappa shape index (κ3) is 3.44. The van der Waals surface area contributed by atoms with Crippen LogP contribution in [0.3, 0.4) is 0 Å². The molecule has 0 aliphatic rings. The summed E-state index contributed by atoms with van der Waals surface area (Å²) >= 11 is 5.74. The number of nitro groups is 1. The van der Waals surface area contributed by atoms with Gasteiger partial charge in [0, 0.05) is 19.7 Å². The van der Waals surface area contributed by atoms with E-state index in [1.807, 2.05) is 0 Å². The summed E-state index contributed by atoms with van der Waals surface area (Å²) in [6.07, 6.45) is -0.423. The molecule has 0 aromatic heterocycles. The van der Waals surface area contributed by atoms with Crippen LogP contribution in [0.25, 0.3) is 0 Å². The minimum atomic E-state index is -4.24. The summed E-state index contributed by atoms with van der Waals surface area (Å²) in [5.74, 6) is -1.18. The number of carboxylic acid groups (broad SMARTS) is 1. The van der Waals surface area contributed by atoms with Crippen molar-refractivity contribution in [1.82, 2.24) is 4.31 Å².